The molecule has 3 aromatic rings. The van der Waals surface area contributed by atoms with Crippen LogP contribution in [-0.4, -0.2) is 23.2 Å². The van der Waals surface area contributed by atoms with Crippen molar-refractivity contribution in [2.45, 2.75) is 25.4 Å². The van der Waals surface area contributed by atoms with Crippen molar-refractivity contribution in [3.63, 3.8) is 0 Å². The third kappa shape index (κ3) is 4.42. The van der Waals surface area contributed by atoms with Crippen LogP contribution < -0.4 is 5.32 Å². The summed E-state index contributed by atoms with van der Waals surface area (Å²) in [5.74, 6) is 0.695. The number of nitrogens with two attached hydrogens (primary N) is 1. The Morgan fingerprint density at radius 1 is 1.17 bits per heavy atom. The molecule has 2 atom stereocenters. The highest BCUT2D eigenvalue weighted by atomic mass is 35.5. The molecule has 6 heteroatoms. The van der Waals surface area contributed by atoms with Crippen LogP contribution in [0.15, 0.2) is 82.5 Å². The molecule has 0 saturated carbocycles. The second-order valence-corrected chi connectivity index (χ2v) is 7.60. The van der Waals surface area contributed by atoms with Gasteiger partial charge in [0.1, 0.15) is 17.8 Å². The average molecular weight is 409 g/mol. The molecule has 1 aliphatic heterocycles. The summed E-state index contributed by atoms with van der Waals surface area (Å²) >= 11 is 6.01. The Labute approximate surface area is 175 Å². The Bertz CT molecular complexity index is 985. The first-order valence-electron chi connectivity index (χ1n) is 9.69. The van der Waals surface area contributed by atoms with Gasteiger partial charge in [0.05, 0.1) is 12.0 Å². The maximum Gasteiger partial charge on any atom is 0.298 e. The van der Waals surface area contributed by atoms with Crippen LogP contribution in [0.1, 0.15) is 42.3 Å². The molecular formula is C23H23ClN3O2+. The van der Waals surface area contributed by atoms with E-state index in [9.17, 15) is 4.79 Å². The van der Waals surface area contributed by atoms with Gasteiger partial charge in [-0.05, 0) is 36.8 Å². The maximum absolute atomic E-state index is 13.0. The van der Waals surface area contributed by atoms with E-state index in [-0.39, 0.29) is 18.0 Å². The van der Waals surface area contributed by atoms with E-state index in [0.29, 0.717) is 18.0 Å². The number of rotatable bonds is 6. The second kappa shape index (κ2) is 8.64. The summed E-state index contributed by atoms with van der Waals surface area (Å²) in [6, 6.07) is 21.4. The van der Waals surface area contributed by atoms with Crippen LogP contribution in [0, 0.1) is 0 Å². The van der Waals surface area contributed by atoms with Crippen molar-refractivity contribution in [1.82, 2.24) is 5.01 Å². The van der Waals surface area contributed by atoms with Gasteiger partial charge in [0.15, 0.2) is 6.54 Å². The number of hydrogen-bond acceptors (Lipinski definition) is 3. The molecule has 0 unspecified atom stereocenters. The monoisotopic (exact) mass is 408 g/mol. The molecule has 29 heavy (non-hydrogen) atoms. The molecule has 4 rings (SSSR count). The average Bonchev–Trinajstić information content (AvgIpc) is 3.43. The molecule has 1 amide bonds. The smallest absolute Gasteiger partial charge is 0.298 e. The van der Waals surface area contributed by atoms with Gasteiger partial charge < -0.3 is 9.73 Å². The van der Waals surface area contributed by atoms with Gasteiger partial charge in [-0.15, -0.1) is 0 Å². The molecular weight excluding hydrogens is 386 g/mol. The van der Waals surface area contributed by atoms with E-state index in [1.54, 1.807) is 11.3 Å². The normalized spacial score (nSPS) is 17.2. The zero-order chi connectivity index (χ0) is 20.2. The fourth-order valence-corrected chi connectivity index (χ4v) is 3.65. The predicted octanol–water partition coefficient (Wildman–Crippen LogP) is 3.94. The molecule has 148 valence electrons. The third-order valence-corrected chi connectivity index (χ3v) is 5.44. The van der Waals surface area contributed by atoms with Crippen LogP contribution >= 0.6 is 11.6 Å². The highest BCUT2D eigenvalue weighted by Gasteiger charge is 2.35. The molecule has 0 aliphatic carbocycles. The van der Waals surface area contributed by atoms with Crippen LogP contribution in [0.5, 0.6) is 0 Å². The minimum Gasteiger partial charge on any atom is -0.467 e. The molecule has 2 heterocycles. The minimum atomic E-state index is -0.233. The van der Waals surface area contributed by atoms with Gasteiger partial charge in [0.2, 0.25) is 0 Å². The standard InChI is InChI=1S/C23H22ClN3O2/c1-16(17-6-3-2-4-7-17)25-15-23(28)27-21(22-8-5-13-29-22)14-20(26-27)18-9-11-19(24)12-10-18/h2-13,16,21,25H,14-15H2,1H3/p+1/t16-,21+/m1/s1. The summed E-state index contributed by atoms with van der Waals surface area (Å²) in [6.07, 6.45) is 2.23. The Morgan fingerprint density at radius 2 is 1.93 bits per heavy atom. The van der Waals surface area contributed by atoms with Crippen LogP contribution in [0.2, 0.25) is 5.02 Å². The van der Waals surface area contributed by atoms with Gasteiger partial charge in [0, 0.05) is 17.0 Å². The number of carbonyl (C=O) groups is 1. The fourth-order valence-electron chi connectivity index (χ4n) is 3.52. The van der Waals surface area contributed by atoms with E-state index < -0.39 is 0 Å². The molecule has 0 bridgehead atoms. The first-order valence-corrected chi connectivity index (χ1v) is 10.1. The zero-order valence-electron chi connectivity index (χ0n) is 16.2. The molecule has 0 saturated heterocycles. The fraction of sp³-hybridized carbons (Fsp3) is 0.217. The zero-order valence-corrected chi connectivity index (χ0v) is 16.9. The Hall–Kier alpha value is -2.89. The quantitative estimate of drug-likeness (QED) is 0.671. The van der Waals surface area contributed by atoms with Crippen molar-refractivity contribution in [2.24, 2.45) is 5.10 Å². The minimum absolute atomic E-state index is 0.0434. The number of benzene rings is 2. The van der Waals surface area contributed by atoms with E-state index in [2.05, 4.69) is 24.2 Å². The van der Waals surface area contributed by atoms with Crippen molar-refractivity contribution < 1.29 is 14.5 Å². The van der Waals surface area contributed by atoms with Crippen molar-refractivity contribution in [2.75, 3.05) is 6.54 Å². The number of carbonyl (C=O) groups excluding carboxylic acids is 1. The lowest BCUT2D eigenvalue weighted by molar-refractivity contribution is -0.683. The summed E-state index contributed by atoms with van der Waals surface area (Å²) in [7, 11) is 0. The molecule has 1 aliphatic rings. The van der Waals surface area contributed by atoms with Crippen molar-refractivity contribution >= 4 is 23.2 Å². The molecule has 0 fully saturated rings. The topological polar surface area (TPSA) is 62.4 Å². The van der Waals surface area contributed by atoms with E-state index >= 15 is 0 Å². The molecule has 1 aromatic heterocycles. The lowest BCUT2D eigenvalue weighted by Gasteiger charge is -2.20. The highest BCUT2D eigenvalue weighted by Crippen LogP contribution is 2.33. The number of nitrogens with zero attached hydrogens (tertiary/aromatic N) is 2. The summed E-state index contributed by atoms with van der Waals surface area (Å²) in [6.45, 7) is 2.41. The van der Waals surface area contributed by atoms with Gasteiger partial charge in [-0.3, -0.25) is 4.79 Å². The molecule has 0 radical (unpaired) electrons. The second-order valence-electron chi connectivity index (χ2n) is 7.17. The van der Waals surface area contributed by atoms with Crippen molar-refractivity contribution in [1.29, 1.82) is 0 Å². The Kier molecular flexibility index (Phi) is 5.79. The maximum atomic E-state index is 13.0. The first kappa shape index (κ1) is 19.4. The van der Waals surface area contributed by atoms with Crippen molar-refractivity contribution in [3.8, 4) is 0 Å². The van der Waals surface area contributed by atoms with Crippen LogP contribution in [0.3, 0.4) is 0 Å². The van der Waals surface area contributed by atoms with E-state index in [4.69, 9.17) is 16.0 Å². The van der Waals surface area contributed by atoms with Crippen molar-refractivity contribution in [3.05, 3.63) is 94.9 Å². The lowest BCUT2D eigenvalue weighted by Crippen LogP contribution is -2.86. The number of amides is 1. The Morgan fingerprint density at radius 3 is 2.62 bits per heavy atom. The highest BCUT2D eigenvalue weighted by molar-refractivity contribution is 6.30. The number of halogens is 1. The number of quaternary nitrogens is 1. The van der Waals surface area contributed by atoms with Gasteiger partial charge >= 0.3 is 0 Å². The van der Waals surface area contributed by atoms with Crippen LogP contribution in [0.25, 0.3) is 0 Å². The third-order valence-electron chi connectivity index (χ3n) is 5.19. The molecule has 2 aromatic carbocycles. The lowest BCUT2D eigenvalue weighted by atomic mass is 10.0. The SMILES string of the molecule is C[C@@H]([NH2+]CC(=O)N1N=C(c2ccc(Cl)cc2)C[C@H]1c1ccco1)c1ccccc1. The number of hydrogen-bond donors (Lipinski definition) is 1. The predicted molar refractivity (Wildman–Crippen MR) is 113 cm³/mol. The summed E-state index contributed by atoms with van der Waals surface area (Å²) in [4.78, 5) is 13.0. The van der Waals surface area contributed by atoms with Gasteiger partial charge in [0.25, 0.3) is 5.91 Å². The van der Waals surface area contributed by atoms with Gasteiger partial charge in [-0.1, -0.05) is 54.1 Å². The van der Waals surface area contributed by atoms with Crippen LogP contribution in [0.4, 0.5) is 0 Å². The van der Waals surface area contributed by atoms with E-state index in [1.165, 1.54) is 5.56 Å². The first-order chi connectivity index (χ1) is 14.1. The molecule has 2 N–H and O–H groups in total. The van der Waals surface area contributed by atoms with Gasteiger partial charge in [-0.25, -0.2) is 5.01 Å². The summed E-state index contributed by atoms with van der Waals surface area (Å²) < 4.78 is 5.60. The molecule has 0 spiro atoms. The summed E-state index contributed by atoms with van der Waals surface area (Å²) in [5.41, 5.74) is 3.00. The van der Waals surface area contributed by atoms with Crippen LogP contribution in [-0.2, 0) is 4.79 Å². The van der Waals surface area contributed by atoms with E-state index in [1.807, 2.05) is 59.9 Å². The summed E-state index contributed by atoms with van der Waals surface area (Å²) in [5, 5.41) is 8.93. The largest absolute Gasteiger partial charge is 0.467 e. The Balaban J connectivity index is 1.51. The van der Waals surface area contributed by atoms with Gasteiger partial charge in [-0.2, -0.15) is 5.10 Å². The number of furan rings is 1. The number of hydrazone groups is 1. The molecule has 5 nitrogen and oxygen atoms in total. The van der Waals surface area contributed by atoms with E-state index in [0.717, 1.165) is 17.0 Å².